The van der Waals surface area contributed by atoms with Crippen molar-refractivity contribution in [3.63, 3.8) is 0 Å². The van der Waals surface area contributed by atoms with Crippen LogP contribution in [-0.4, -0.2) is 55.5 Å². The Labute approximate surface area is 196 Å². The van der Waals surface area contributed by atoms with Gasteiger partial charge in [0.1, 0.15) is 17.0 Å². The molecule has 0 saturated carbocycles. The average molecular weight is 530 g/mol. The molecule has 31 heavy (non-hydrogen) atoms. The van der Waals surface area contributed by atoms with Crippen molar-refractivity contribution in [2.24, 2.45) is 0 Å². The van der Waals surface area contributed by atoms with Crippen LogP contribution in [-0.2, 0) is 34.1 Å². The van der Waals surface area contributed by atoms with E-state index in [1.807, 2.05) is 13.8 Å². The summed E-state index contributed by atoms with van der Waals surface area (Å²) in [5.41, 5.74) is 4.47. The third-order valence-corrected chi connectivity index (χ3v) is 8.00. The number of halogens is 1. The van der Waals surface area contributed by atoms with Gasteiger partial charge < -0.3 is 14.3 Å². The fraction of sp³-hybridized carbons (Fsp3) is 0.500. The topological polar surface area (TPSA) is 102 Å². The number of rotatable bonds is 7. The molecule has 1 aromatic rings. The third kappa shape index (κ3) is 5.51. The first-order chi connectivity index (χ1) is 14.4. The van der Waals surface area contributed by atoms with Crippen LogP contribution in [0.4, 0.5) is 0 Å². The number of carbonyl (C=O) groups is 4. The van der Waals surface area contributed by atoms with Crippen molar-refractivity contribution in [3.05, 3.63) is 27.8 Å². The maximum absolute atomic E-state index is 13.2. The van der Waals surface area contributed by atoms with Gasteiger partial charge in [-0.05, 0) is 46.7 Å². The van der Waals surface area contributed by atoms with Gasteiger partial charge in [0.2, 0.25) is 0 Å². The first-order valence-electron chi connectivity index (χ1n) is 9.99. The SMILES string of the molecule is Cc1c(C)c(C(=O)NCC(=O)ON2C(=O)CCC2=O)c([SiH2]O[SiH3])c(C(C)(C)C)c1CBr. The highest BCUT2D eigenvalue weighted by molar-refractivity contribution is 9.08. The van der Waals surface area contributed by atoms with E-state index in [2.05, 4.69) is 42.0 Å². The molecule has 0 spiro atoms. The fourth-order valence-electron chi connectivity index (χ4n) is 3.84. The number of nitrogens with zero attached hydrogens (tertiary/aromatic N) is 1. The third-order valence-electron chi connectivity index (χ3n) is 5.29. The van der Waals surface area contributed by atoms with Crippen LogP contribution in [0.25, 0.3) is 0 Å². The molecule has 0 aliphatic carbocycles. The molecular weight excluding hydrogens is 500 g/mol. The summed E-state index contributed by atoms with van der Waals surface area (Å²) >= 11 is 3.60. The first kappa shape index (κ1) is 25.4. The minimum atomic E-state index is -1.15. The Balaban J connectivity index is 2.35. The Bertz CT molecular complexity index is 913. The number of carbonyl (C=O) groups excluding carboxylic acids is 4. The van der Waals surface area contributed by atoms with E-state index in [1.165, 1.54) is 0 Å². The standard InChI is InChI=1S/C20H29BrN2O6Si2/c1-10-11(2)16(18(31-29-30)17(12(10)8-21)20(3,4)5)19(27)22-9-15(26)28-23-13(24)6-7-14(23)25/h6-9,31H2,1-5,30H3,(H,22,27). The lowest BCUT2D eigenvalue weighted by Crippen LogP contribution is -2.42. The number of hydroxylamine groups is 2. The Kier molecular flexibility index (Phi) is 8.36. The summed E-state index contributed by atoms with van der Waals surface area (Å²) in [5, 5.41) is 4.67. The number of amides is 3. The highest BCUT2D eigenvalue weighted by atomic mass is 79.9. The lowest BCUT2D eigenvalue weighted by Gasteiger charge is -2.30. The second kappa shape index (κ2) is 10.2. The van der Waals surface area contributed by atoms with Crippen LogP contribution < -0.4 is 10.5 Å². The minimum Gasteiger partial charge on any atom is -0.465 e. The highest BCUT2D eigenvalue weighted by Gasteiger charge is 2.33. The second-order valence-electron chi connectivity index (χ2n) is 8.50. The molecule has 0 aromatic heterocycles. The van der Waals surface area contributed by atoms with Gasteiger partial charge in [0, 0.05) is 23.7 Å². The molecule has 1 aliphatic rings. The number of nitrogens with one attached hydrogen (secondary N) is 1. The van der Waals surface area contributed by atoms with Gasteiger partial charge in [-0.3, -0.25) is 14.4 Å². The number of benzene rings is 1. The zero-order valence-electron chi connectivity index (χ0n) is 18.8. The van der Waals surface area contributed by atoms with E-state index in [0.29, 0.717) is 26.4 Å². The average Bonchev–Trinajstić information content (AvgIpc) is 3.00. The van der Waals surface area contributed by atoms with Gasteiger partial charge >= 0.3 is 5.97 Å². The van der Waals surface area contributed by atoms with Crippen molar-refractivity contribution in [1.82, 2.24) is 10.4 Å². The van der Waals surface area contributed by atoms with E-state index in [9.17, 15) is 19.2 Å². The summed E-state index contributed by atoms with van der Waals surface area (Å²) < 4.78 is 5.70. The van der Waals surface area contributed by atoms with Crippen molar-refractivity contribution in [2.45, 2.75) is 58.2 Å². The molecule has 11 heteroatoms. The molecule has 0 unspecified atom stereocenters. The lowest BCUT2D eigenvalue weighted by atomic mass is 9.79. The summed E-state index contributed by atoms with van der Waals surface area (Å²) in [6.07, 6.45) is 0.0293. The van der Waals surface area contributed by atoms with Crippen molar-refractivity contribution in [3.8, 4) is 0 Å². The van der Waals surface area contributed by atoms with Crippen LogP contribution in [0, 0.1) is 13.8 Å². The highest BCUT2D eigenvalue weighted by Crippen LogP contribution is 2.31. The van der Waals surface area contributed by atoms with Crippen LogP contribution in [0.1, 0.15) is 66.2 Å². The quantitative estimate of drug-likeness (QED) is 0.299. The first-order valence-corrected chi connectivity index (χ1v) is 13.2. The van der Waals surface area contributed by atoms with Gasteiger partial charge in [0.05, 0.1) is 0 Å². The Hall–Kier alpha value is -1.83. The summed E-state index contributed by atoms with van der Waals surface area (Å²) in [6, 6.07) is 0. The van der Waals surface area contributed by atoms with E-state index in [4.69, 9.17) is 8.95 Å². The summed E-state index contributed by atoms with van der Waals surface area (Å²) in [7, 11) is -0.578. The molecule has 1 fully saturated rings. The van der Waals surface area contributed by atoms with E-state index in [1.54, 1.807) is 0 Å². The summed E-state index contributed by atoms with van der Waals surface area (Å²) in [4.78, 5) is 53.3. The van der Waals surface area contributed by atoms with E-state index in [0.717, 1.165) is 27.4 Å². The minimum absolute atomic E-state index is 0.0146. The number of alkyl halides is 1. The fourth-order valence-corrected chi connectivity index (χ4v) is 7.15. The van der Waals surface area contributed by atoms with Crippen molar-refractivity contribution in [1.29, 1.82) is 0 Å². The summed E-state index contributed by atoms with van der Waals surface area (Å²) in [5.74, 6) is -2.40. The molecule has 1 N–H and O–H groups in total. The Morgan fingerprint density at radius 1 is 1.16 bits per heavy atom. The molecule has 8 nitrogen and oxygen atoms in total. The van der Waals surface area contributed by atoms with Crippen LogP contribution in [0.5, 0.6) is 0 Å². The van der Waals surface area contributed by atoms with E-state index >= 15 is 0 Å². The number of hydrogen-bond acceptors (Lipinski definition) is 6. The van der Waals surface area contributed by atoms with Crippen LogP contribution >= 0.6 is 15.9 Å². The lowest BCUT2D eigenvalue weighted by molar-refractivity contribution is -0.196. The van der Waals surface area contributed by atoms with Gasteiger partial charge in [-0.2, -0.15) is 0 Å². The maximum Gasteiger partial charge on any atom is 0.352 e. The molecule has 0 bridgehead atoms. The number of hydrogen-bond donors (Lipinski definition) is 1. The molecule has 1 aliphatic heterocycles. The van der Waals surface area contributed by atoms with Gasteiger partial charge in [0.25, 0.3) is 17.7 Å². The smallest absolute Gasteiger partial charge is 0.352 e. The largest absolute Gasteiger partial charge is 0.465 e. The molecule has 0 atom stereocenters. The van der Waals surface area contributed by atoms with E-state index < -0.39 is 40.0 Å². The molecule has 1 aromatic carbocycles. The van der Waals surface area contributed by atoms with Crippen LogP contribution in [0.2, 0.25) is 0 Å². The molecular formula is C20H29BrN2O6Si2. The van der Waals surface area contributed by atoms with Gasteiger partial charge in [0.15, 0.2) is 9.76 Å². The molecule has 1 saturated heterocycles. The van der Waals surface area contributed by atoms with Gasteiger partial charge in [-0.1, -0.05) is 36.7 Å². The molecule has 2 rings (SSSR count). The van der Waals surface area contributed by atoms with Gasteiger partial charge in [-0.25, -0.2) is 4.79 Å². The molecule has 0 radical (unpaired) electrons. The Morgan fingerprint density at radius 2 is 1.74 bits per heavy atom. The zero-order chi connectivity index (χ0) is 23.5. The van der Waals surface area contributed by atoms with Crippen molar-refractivity contribution in [2.75, 3.05) is 6.54 Å². The Morgan fingerprint density at radius 3 is 2.23 bits per heavy atom. The monoisotopic (exact) mass is 528 g/mol. The second-order valence-corrected chi connectivity index (χ2v) is 12.4. The predicted octanol–water partition coefficient (Wildman–Crippen LogP) is -0.161. The van der Waals surface area contributed by atoms with Crippen molar-refractivity contribution >= 4 is 65.1 Å². The predicted molar refractivity (Wildman–Crippen MR) is 126 cm³/mol. The van der Waals surface area contributed by atoms with Crippen LogP contribution in [0.3, 0.4) is 0 Å². The molecule has 1 heterocycles. The molecule has 3 amide bonds. The van der Waals surface area contributed by atoms with Gasteiger partial charge in [-0.15, -0.1) is 5.06 Å². The maximum atomic E-state index is 13.2. The normalized spacial score (nSPS) is 14.7. The van der Waals surface area contributed by atoms with Crippen LogP contribution in [0.15, 0.2) is 0 Å². The summed E-state index contributed by atoms with van der Waals surface area (Å²) in [6.45, 7) is 9.76. The molecule has 170 valence electrons. The van der Waals surface area contributed by atoms with E-state index in [-0.39, 0.29) is 18.3 Å². The number of imide groups is 1. The zero-order valence-corrected chi connectivity index (χ0v) is 23.8. The van der Waals surface area contributed by atoms with Crippen molar-refractivity contribution < 1.29 is 28.1 Å².